The van der Waals surface area contributed by atoms with Crippen molar-refractivity contribution < 1.29 is 13.2 Å². The molecule has 2 nitrogen and oxygen atoms in total. The third-order valence-electron chi connectivity index (χ3n) is 2.80. The Morgan fingerprint density at radius 1 is 1.40 bits per heavy atom. The number of allylic oxidation sites excluding steroid dienone is 3. The summed E-state index contributed by atoms with van der Waals surface area (Å²) in [5.41, 5.74) is 5.50. The minimum absolute atomic E-state index is 0.0203. The molecular formula is C15H15F3N2. The van der Waals surface area contributed by atoms with Crippen LogP contribution in [0.4, 0.5) is 13.2 Å². The molecule has 0 spiro atoms. The highest BCUT2D eigenvalue weighted by Crippen LogP contribution is 2.36. The molecule has 5 heteroatoms. The lowest BCUT2D eigenvalue weighted by atomic mass is 9.95. The minimum atomic E-state index is -4.45. The average Bonchev–Trinajstić information content (AvgIpc) is 2.42. The third-order valence-corrected chi connectivity index (χ3v) is 2.80. The van der Waals surface area contributed by atoms with E-state index in [0.29, 0.717) is 17.6 Å². The van der Waals surface area contributed by atoms with Crippen LogP contribution in [0.5, 0.6) is 0 Å². The number of nitrogens with zero attached hydrogens (tertiary/aromatic N) is 1. The highest BCUT2D eigenvalue weighted by atomic mass is 19.4. The zero-order valence-corrected chi connectivity index (χ0v) is 11.0. The van der Waals surface area contributed by atoms with Gasteiger partial charge in [0.1, 0.15) is 0 Å². The van der Waals surface area contributed by atoms with Crippen molar-refractivity contribution in [3.05, 3.63) is 53.2 Å². The largest absolute Gasteiger partial charge is 0.417 e. The Bertz CT molecular complexity index is 563. The fourth-order valence-corrected chi connectivity index (χ4v) is 1.82. The predicted molar refractivity (Wildman–Crippen MR) is 72.4 cm³/mol. The summed E-state index contributed by atoms with van der Waals surface area (Å²) in [4.78, 5) is 0. The first-order chi connectivity index (χ1) is 9.43. The monoisotopic (exact) mass is 280 g/mol. The van der Waals surface area contributed by atoms with E-state index in [1.807, 2.05) is 6.07 Å². The van der Waals surface area contributed by atoms with Crippen molar-refractivity contribution in [1.29, 1.82) is 5.26 Å². The first-order valence-corrected chi connectivity index (χ1v) is 6.10. The average molecular weight is 280 g/mol. The zero-order chi connectivity index (χ0) is 15.2. The SMILES string of the molecule is CCc1ccc(C(/C=C\N)=C/CC#N)c(C(F)(F)F)c1. The summed E-state index contributed by atoms with van der Waals surface area (Å²) in [5.74, 6) is 0. The number of alkyl halides is 3. The Kier molecular flexibility index (Phi) is 5.39. The molecular weight excluding hydrogens is 265 g/mol. The van der Waals surface area contributed by atoms with E-state index in [-0.39, 0.29) is 12.0 Å². The second kappa shape index (κ2) is 6.80. The van der Waals surface area contributed by atoms with Gasteiger partial charge in [0.05, 0.1) is 18.1 Å². The summed E-state index contributed by atoms with van der Waals surface area (Å²) < 4.78 is 39.4. The molecule has 106 valence electrons. The van der Waals surface area contributed by atoms with Crippen molar-refractivity contribution in [3.8, 4) is 6.07 Å². The number of aryl methyl sites for hydroxylation is 1. The second-order valence-corrected chi connectivity index (χ2v) is 4.11. The molecule has 0 heterocycles. The minimum Gasteiger partial charge on any atom is -0.405 e. The van der Waals surface area contributed by atoms with Crippen molar-refractivity contribution in [1.82, 2.24) is 0 Å². The number of nitriles is 1. The van der Waals surface area contributed by atoms with Crippen LogP contribution in [0.15, 0.2) is 36.6 Å². The van der Waals surface area contributed by atoms with Crippen LogP contribution in [-0.4, -0.2) is 0 Å². The Labute approximate surface area is 116 Å². The van der Waals surface area contributed by atoms with Crippen molar-refractivity contribution in [2.75, 3.05) is 0 Å². The molecule has 1 aromatic carbocycles. The molecule has 2 N–H and O–H groups in total. The molecule has 0 fully saturated rings. The van der Waals surface area contributed by atoms with Crippen LogP contribution < -0.4 is 5.73 Å². The first-order valence-electron chi connectivity index (χ1n) is 6.10. The predicted octanol–water partition coefficient (Wildman–Crippen LogP) is 4.04. The maximum Gasteiger partial charge on any atom is 0.417 e. The van der Waals surface area contributed by atoms with Crippen LogP contribution in [0.2, 0.25) is 0 Å². The lowest BCUT2D eigenvalue weighted by Gasteiger charge is -2.15. The molecule has 0 unspecified atom stereocenters. The number of benzene rings is 1. The maximum absolute atomic E-state index is 13.1. The van der Waals surface area contributed by atoms with E-state index in [4.69, 9.17) is 11.0 Å². The molecule has 0 aromatic heterocycles. The van der Waals surface area contributed by atoms with Gasteiger partial charge >= 0.3 is 6.18 Å². The number of halogens is 3. The Morgan fingerprint density at radius 3 is 2.60 bits per heavy atom. The lowest BCUT2D eigenvalue weighted by molar-refractivity contribution is -0.137. The molecule has 0 aliphatic rings. The van der Waals surface area contributed by atoms with Crippen LogP contribution in [0.25, 0.3) is 5.57 Å². The van der Waals surface area contributed by atoms with Gasteiger partial charge in [0, 0.05) is 0 Å². The standard InChI is InChI=1S/C15H15F3N2/c1-2-11-5-6-13(14(10-11)15(16,17)18)12(7-9-20)4-3-8-19/h4-7,9-10H,2-3,20H2,1H3/b9-7-,12-4+. The molecule has 1 rings (SSSR count). The van der Waals surface area contributed by atoms with Gasteiger partial charge in [0.25, 0.3) is 0 Å². The van der Waals surface area contributed by atoms with Crippen LogP contribution in [0.3, 0.4) is 0 Å². The summed E-state index contributed by atoms with van der Waals surface area (Å²) >= 11 is 0. The Balaban J connectivity index is 3.45. The summed E-state index contributed by atoms with van der Waals surface area (Å²) in [6.45, 7) is 1.79. The Hall–Kier alpha value is -2.22. The van der Waals surface area contributed by atoms with E-state index in [2.05, 4.69) is 0 Å². The smallest absolute Gasteiger partial charge is 0.405 e. The van der Waals surface area contributed by atoms with E-state index >= 15 is 0 Å². The summed E-state index contributed by atoms with van der Waals surface area (Å²) in [7, 11) is 0. The molecule has 0 bridgehead atoms. The van der Waals surface area contributed by atoms with Gasteiger partial charge in [-0.1, -0.05) is 25.1 Å². The summed E-state index contributed by atoms with van der Waals surface area (Å²) in [5, 5.41) is 8.57. The molecule has 1 aromatic rings. The van der Waals surface area contributed by atoms with Crippen LogP contribution in [0.1, 0.15) is 30.0 Å². The normalized spacial score (nSPS) is 12.7. The van der Waals surface area contributed by atoms with Gasteiger partial charge in [0.2, 0.25) is 0 Å². The summed E-state index contributed by atoms with van der Waals surface area (Å²) in [6.07, 6.45) is 0.0543. The summed E-state index contributed by atoms with van der Waals surface area (Å²) in [6, 6.07) is 6.08. The molecule has 0 saturated heterocycles. The van der Waals surface area contributed by atoms with Crippen molar-refractivity contribution in [2.24, 2.45) is 5.73 Å². The fourth-order valence-electron chi connectivity index (χ4n) is 1.82. The van der Waals surface area contributed by atoms with E-state index in [0.717, 1.165) is 12.3 Å². The highest BCUT2D eigenvalue weighted by Gasteiger charge is 2.33. The second-order valence-electron chi connectivity index (χ2n) is 4.11. The lowest BCUT2D eigenvalue weighted by Crippen LogP contribution is -2.09. The van der Waals surface area contributed by atoms with Gasteiger partial charge in [-0.25, -0.2) is 0 Å². The quantitative estimate of drug-likeness (QED) is 0.846. The molecule has 0 atom stereocenters. The van der Waals surface area contributed by atoms with Crippen LogP contribution in [0, 0.1) is 11.3 Å². The number of hydrogen-bond acceptors (Lipinski definition) is 2. The first kappa shape index (κ1) is 15.8. The zero-order valence-electron chi connectivity index (χ0n) is 11.0. The highest BCUT2D eigenvalue weighted by molar-refractivity contribution is 5.76. The maximum atomic E-state index is 13.1. The van der Waals surface area contributed by atoms with Crippen molar-refractivity contribution >= 4 is 5.57 Å². The van der Waals surface area contributed by atoms with Gasteiger partial charge in [-0.3, -0.25) is 0 Å². The van der Waals surface area contributed by atoms with Gasteiger partial charge < -0.3 is 5.73 Å². The van der Waals surface area contributed by atoms with E-state index in [1.54, 1.807) is 13.0 Å². The third kappa shape index (κ3) is 3.89. The van der Waals surface area contributed by atoms with Gasteiger partial charge in [-0.05, 0) is 41.5 Å². The molecule has 0 saturated carbocycles. The molecule has 0 aliphatic carbocycles. The van der Waals surface area contributed by atoms with E-state index in [1.165, 1.54) is 18.2 Å². The van der Waals surface area contributed by atoms with Crippen molar-refractivity contribution in [3.63, 3.8) is 0 Å². The van der Waals surface area contributed by atoms with E-state index in [9.17, 15) is 13.2 Å². The number of rotatable bonds is 4. The van der Waals surface area contributed by atoms with Crippen LogP contribution in [-0.2, 0) is 12.6 Å². The van der Waals surface area contributed by atoms with Gasteiger partial charge in [-0.2, -0.15) is 18.4 Å². The van der Waals surface area contributed by atoms with E-state index < -0.39 is 11.7 Å². The molecule has 0 amide bonds. The van der Waals surface area contributed by atoms with Crippen molar-refractivity contribution in [2.45, 2.75) is 25.9 Å². The number of nitrogens with two attached hydrogens (primary N) is 1. The van der Waals surface area contributed by atoms with Gasteiger partial charge in [-0.15, -0.1) is 0 Å². The fraction of sp³-hybridized carbons (Fsp3) is 0.267. The molecule has 20 heavy (non-hydrogen) atoms. The Morgan fingerprint density at radius 2 is 2.10 bits per heavy atom. The van der Waals surface area contributed by atoms with Gasteiger partial charge in [0.15, 0.2) is 0 Å². The number of hydrogen-bond donors (Lipinski definition) is 1. The van der Waals surface area contributed by atoms with Crippen LogP contribution >= 0.6 is 0 Å². The molecule has 0 aliphatic heterocycles. The molecule has 0 radical (unpaired) electrons. The topological polar surface area (TPSA) is 49.8 Å².